The van der Waals surface area contributed by atoms with Crippen LogP contribution in [0.2, 0.25) is 0 Å². The highest BCUT2D eigenvalue weighted by molar-refractivity contribution is 9.10. The molecule has 1 aromatic rings. The standard InChI is InChI=1S/C12H18BrNO2/c1-8(14-2)5-9-6-12(16-4)10(13)7-11(9)15-3/h6-8,14H,5H2,1-4H3/t8-/m0/s1. The third-order valence-corrected chi connectivity index (χ3v) is 3.19. The summed E-state index contributed by atoms with van der Waals surface area (Å²) in [7, 11) is 5.30. The van der Waals surface area contributed by atoms with E-state index in [0.29, 0.717) is 6.04 Å². The van der Waals surface area contributed by atoms with Crippen molar-refractivity contribution in [2.45, 2.75) is 19.4 Å². The Morgan fingerprint density at radius 2 is 1.88 bits per heavy atom. The molecule has 1 aromatic carbocycles. The maximum atomic E-state index is 5.36. The number of nitrogens with one attached hydrogen (secondary N) is 1. The van der Waals surface area contributed by atoms with Gasteiger partial charge in [-0.05, 0) is 54.0 Å². The van der Waals surface area contributed by atoms with Crippen molar-refractivity contribution in [3.63, 3.8) is 0 Å². The lowest BCUT2D eigenvalue weighted by Crippen LogP contribution is -2.23. The molecule has 0 heterocycles. The van der Waals surface area contributed by atoms with Crippen LogP contribution in [0.5, 0.6) is 11.5 Å². The molecular weight excluding hydrogens is 270 g/mol. The Kier molecular flexibility index (Phi) is 5.09. The molecule has 0 saturated carbocycles. The third-order valence-electron chi connectivity index (χ3n) is 2.57. The SMILES string of the molecule is CN[C@@H](C)Cc1cc(OC)c(Br)cc1OC. The molecular formula is C12H18BrNO2. The summed E-state index contributed by atoms with van der Waals surface area (Å²) in [5.41, 5.74) is 1.14. The maximum Gasteiger partial charge on any atom is 0.133 e. The topological polar surface area (TPSA) is 30.5 Å². The van der Waals surface area contributed by atoms with E-state index >= 15 is 0 Å². The quantitative estimate of drug-likeness (QED) is 0.903. The molecule has 4 heteroatoms. The van der Waals surface area contributed by atoms with Gasteiger partial charge in [0.1, 0.15) is 11.5 Å². The van der Waals surface area contributed by atoms with Gasteiger partial charge in [0.25, 0.3) is 0 Å². The van der Waals surface area contributed by atoms with Crippen LogP contribution < -0.4 is 14.8 Å². The zero-order valence-corrected chi connectivity index (χ0v) is 11.7. The van der Waals surface area contributed by atoms with Gasteiger partial charge in [0, 0.05) is 6.04 Å². The highest BCUT2D eigenvalue weighted by Gasteiger charge is 2.11. The van der Waals surface area contributed by atoms with Gasteiger partial charge in [0.2, 0.25) is 0 Å². The zero-order chi connectivity index (χ0) is 12.1. The third kappa shape index (κ3) is 3.12. The smallest absolute Gasteiger partial charge is 0.133 e. The molecule has 0 aliphatic carbocycles. The minimum absolute atomic E-state index is 0.403. The fourth-order valence-corrected chi connectivity index (χ4v) is 2.00. The number of benzene rings is 1. The largest absolute Gasteiger partial charge is 0.496 e. The van der Waals surface area contributed by atoms with Crippen LogP contribution in [0.25, 0.3) is 0 Å². The van der Waals surface area contributed by atoms with Gasteiger partial charge in [-0.2, -0.15) is 0 Å². The molecule has 1 atom stereocenters. The van der Waals surface area contributed by atoms with Gasteiger partial charge in [-0.1, -0.05) is 0 Å². The Balaban J connectivity index is 3.04. The first kappa shape index (κ1) is 13.3. The van der Waals surface area contributed by atoms with Crippen molar-refractivity contribution in [1.82, 2.24) is 5.32 Å². The van der Waals surface area contributed by atoms with Gasteiger partial charge in [-0.15, -0.1) is 0 Å². The molecule has 0 fully saturated rings. The number of hydrogen-bond donors (Lipinski definition) is 1. The minimum atomic E-state index is 0.403. The van der Waals surface area contributed by atoms with Crippen LogP contribution >= 0.6 is 15.9 Å². The molecule has 0 radical (unpaired) electrons. The molecule has 0 spiro atoms. The summed E-state index contributed by atoms with van der Waals surface area (Å²) in [6.07, 6.45) is 0.906. The summed E-state index contributed by atoms with van der Waals surface area (Å²) in [5, 5.41) is 3.21. The van der Waals surface area contributed by atoms with Crippen molar-refractivity contribution in [3.05, 3.63) is 22.2 Å². The number of methoxy groups -OCH3 is 2. The highest BCUT2D eigenvalue weighted by Crippen LogP contribution is 2.33. The lowest BCUT2D eigenvalue weighted by Gasteiger charge is -2.15. The van der Waals surface area contributed by atoms with Gasteiger partial charge in [0.15, 0.2) is 0 Å². The highest BCUT2D eigenvalue weighted by atomic mass is 79.9. The fraction of sp³-hybridized carbons (Fsp3) is 0.500. The average Bonchev–Trinajstić information content (AvgIpc) is 2.30. The monoisotopic (exact) mass is 287 g/mol. The predicted molar refractivity (Wildman–Crippen MR) is 69.5 cm³/mol. The van der Waals surface area contributed by atoms with E-state index in [9.17, 15) is 0 Å². The zero-order valence-electron chi connectivity index (χ0n) is 10.1. The molecule has 3 nitrogen and oxygen atoms in total. The molecule has 1 N–H and O–H groups in total. The minimum Gasteiger partial charge on any atom is -0.496 e. The Morgan fingerprint density at radius 1 is 1.25 bits per heavy atom. The molecule has 0 aliphatic rings. The molecule has 0 aromatic heterocycles. The van der Waals surface area contributed by atoms with Gasteiger partial charge < -0.3 is 14.8 Å². The first-order valence-electron chi connectivity index (χ1n) is 5.20. The number of halogens is 1. The van der Waals surface area contributed by atoms with Crippen LogP contribution in [0.3, 0.4) is 0 Å². The molecule has 0 unspecified atom stereocenters. The van der Waals surface area contributed by atoms with Crippen LogP contribution in [0.4, 0.5) is 0 Å². The maximum absolute atomic E-state index is 5.36. The summed E-state index contributed by atoms with van der Waals surface area (Å²) in [6, 6.07) is 4.35. The van der Waals surface area contributed by atoms with Gasteiger partial charge >= 0.3 is 0 Å². The summed E-state index contributed by atoms with van der Waals surface area (Å²) >= 11 is 3.44. The van der Waals surface area contributed by atoms with Gasteiger partial charge in [0.05, 0.1) is 18.7 Å². The number of hydrogen-bond acceptors (Lipinski definition) is 3. The summed E-state index contributed by atoms with van der Waals surface area (Å²) in [4.78, 5) is 0. The molecule has 0 amide bonds. The summed E-state index contributed by atoms with van der Waals surface area (Å²) in [5.74, 6) is 1.72. The lowest BCUT2D eigenvalue weighted by molar-refractivity contribution is 0.394. The predicted octanol–water partition coefficient (Wildman–Crippen LogP) is 2.62. The van der Waals surface area contributed by atoms with Crippen molar-refractivity contribution in [1.29, 1.82) is 0 Å². The second-order valence-electron chi connectivity index (χ2n) is 3.69. The van der Waals surface area contributed by atoms with Crippen LogP contribution in [0.15, 0.2) is 16.6 Å². The van der Waals surface area contributed by atoms with Gasteiger partial charge in [-0.25, -0.2) is 0 Å². The first-order chi connectivity index (χ1) is 7.62. The molecule has 1 rings (SSSR count). The molecule has 16 heavy (non-hydrogen) atoms. The van der Waals surface area contributed by atoms with Crippen molar-refractivity contribution < 1.29 is 9.47 Å². The first-order valence-corrected chi connectivity index (χ1v) is 5.99. The summed E-state index contributed by atoms with van der Waals surface area (Å²) < 4.78 is 11.5. The number of ether oxygens (including phenoxy) is 2. The lowest BCUT2D eigenvalue weighted by atomic mass is 10.1. The second kappa shape index (κ2) is 6.11. The van der Waals surface area contributed by atoms with Crippen molar-refractivity contribution in [3.8, 4) is 11.5 Å². The van der Waals surface area contributed by atoms with E-state index in [1.807, 2.05) is 19.2 Å². The van der Waals surface area contributed by atoms with Gasteiger partial charge in [-0.3, -0.25) is 0 Å². The number of likely N-dealkylation sites (N-methyl/N-ethyl adjacent to an activating group) is 1. The number of rotatable bonds is 5. The van der Waals surface area contributed by atoms with E-state index in [1.54, 1.807) is 14.2 Å². The van der Waals surface area contributed by atoms with E-state index in [1.165, 1.54) is 0 Å². The van der Waals surface area contributed by atoms with E-state index in [0.717, 1.165) is 28.0 Å². The molecule has 90 valence electrons. The second-order valence-corrected chi connectivity index (χ2v) is 4.55. The van der Waals surface area contributed by atoms with Crippen molar-refractivity contribution in [2.24, 2.45) is 0 Å². The van der Waals surface area contributed by atoms with Crippen molar-refractivity contribution >= 4 is 15.9 Å². The molecule has 0 aliphatic heterocycles. The van der Waals surface area contributed by atoms with Crippen LogP contribution in [0, 0.1) is 0 Å². The normalized spacial score (nSPS) is 12.3. The Labute approximate surface area is 105 Å². The molecule has 0 saturated heterocycles. The average molecular weight is 288 g/mol. The fourth-order valence-electron chi connectivity index (χ4n) is 1.52. The van der Waals surface area contributed by atoms with E-state index in [2.05, 4.69) is 28.2 Å². The Bertz CT molecular complexity index is 355. The van der Waals surface area contributed by atoms with Crippen LogP contribution in [0.1, 0.15) is 12.5 Å². The van der Waals surface area contributed by atoms with Crippen LogP contribution in [-0.2, 0) is 6.42 Å². The van der Waals surface area contributed by atoms with E-state index in [-0.39, 0.29) is 0 Å². The Morgan fingerprint density at radius 3 is 2.38 bits per heavy atom. The van der Waals surface area contributed by atoms with E-state index in [4.69, 9.17) is 9.47 Å². The van der Waals surface area contributed by atoms with Crippen LogP contribution in [-0.4, -0.2) is 27.3 Å². The Hall–Kier alpha value is -0.740. The summed E-state index contributed by atoms with van der Waals surface area (Å²) in [6.45, 7) is 2.13. The molecule has 0 bridgehead atoms. The van der Waals surface area contributed by atoms with E-state index < -0.39 is 0 Å². The van der Waals surface area contributed by atoms with Crippen molar-refractivity contribution in [2.75, 3.05) is 21.3 Å².